The normalized spacial score (nSPS) is 15.4. The summed E-state index contributed by atoms with van der Waals surface area (Å²) in [6.07, 6.45) is 0.555. The van der Waals surface area contributed by atoms with Crippen LogP contribution in [-0.2, 0) is 21.1 Å². The Balaban J connectivity index is 3.81. The predicted octanol–water partition coefficient (Wildman–Crippen LogP) is 6.14. The first-order chi connectivity index (χ1) is 13.8. The van der Waals surface area contributed by atoms with Crippen LogP contribution in [0.5, 0.6) is 5.88 Å². The first-order valence-electron chi connectivity index (χ1n) is 11.2. The lowest BCUT2D eigenvalue weighted by Crippen LogP contribution is -2.45. The van der Waals surface area contributed by atoms with Crippen molar-refractivity contribution < 1.29 is 13.6 Å². The Hall–Kier alpha value is -0.989. The van der Waals surface area contributed by atoms with Crippen molar-refractivity contribution in [2.45, 2.75) is 104 Å². The molecule has 1 heterocycles. The van der Waals surface area contributed by atoms with Crippen molar-refractivity contribution in [3.8, 4) is 11.9 Å². The number of hydrogen-bond acceptors (Lipinski definition) is 5. The molecule has 1 aromatic heterocycles. The van der Waals surface area contributed by atoms with Crippen LogP contribution in [0.25, 0.3) is 0 Å². The van der Waals surface area contributed by atoms with Gasteiger partial charge in [0.2, 0.25) is 5.88 Å². The van der Waals surface area contributed by atoms with Crippen LogP contribution in [0.15, 0.2) is 6.07 Å². The van der Waals surface area contributed by atoms with Gasteiger partial charge >= 0.3 is 0 Å². The molecule has 1 atom stereocenters. The Morgan fingerprint density at radius 2 is 1.58 bits per heavy atom. The monoisotopic (exact) mass is 480 g/mol. The summed E-state index contributed by atoms with van der Waals surface area (Å²) in [5.74, 6) is 0.556. The van der Waals surface area contributed by atoms with Gasteiger partial charge in [-0.05, 0) is 50.3 Å². The SMILES string of the molecule is CC[C@](C#N)(O[Si](C)(C)C)c1cc([Si](C)(C)C)nc(OC)c1CO[Si](C)(C)C(C)(C)C. The van der Waals surface area contributed by atoms with E-state index in [1.807, 2.05) is 6.92 Å². The van der Waals surface area contributed by atoms with E-state index in [1.54, 1.807) is 7.11 Å². The number of nitrogens with zero attached hydrogens (tertiary/aromatic N) is 2. The molecule has 31 heavy (non-hydrogen) atoms. The van der Waals surface area contributed by atoms with Crippen molar-refractivity contribution in [3.63, 3.8) is 0 Å². The molecule has 1 aromatic rings. The van der Waals surface area contributed by atoms with Crippen LogP contribution in [0.3, 0.4) is 0 Å². The summed E-state index contributed by atoms with van der Waals surface area (Å²) in [5, 5.41) is 11.5. The molecule has 0 amide bonds. The molecule has 0 fully saturated rings. The Bertz CT molecular complexity index is 816. The van der Waals surface area contributed by atoms with Gasteiger partial charge in [-0.25, -0.2) is 4.98 Å². The van der Waals surface area contributed by atoms with Crippen LogP contribution in [-0.4, -0.2) is 36.8 Å². The fraction of sp³-hybridized carbons (Fsp3) is 0.739. The zero-order valence-electron chi connectivity index (χ0n) is 22.1. The molecule has 176 valence electrons. The summed E-state index contributed by atoms with van der Waals surface area (Å²) < 4.78 is 18.9. The molecular formula is C23H44N2O3Si3. The van der Waals surface area contributed by atoms with Crippen LogP contribution in [0.4, 0.5) is 0 Å². The van der Waals surface area contributed by atoms with E-state index in [0.29, 0.717) is 18.9 Å². The average Bonchev–Trinajstić information content (AvgIpc) is 2.61. The van der Waals surface area contributed by atoms with Gasteiger partial charge in [-0.1, -0.05) is 47.3 Å². The van der Waals surface area contributed by atoms with Gasteiger partial charge < -0.3 is 13.6 Å². The summed E-state index contributed by atoms with van der Waals surface area (Å²) in [4.78, 5) is 4.89. The summed E-state index contributed by atoms with van der Waals surface area (Å²) in [6.45, 7) is 26.7. The molecular weight excluding hydrogens is 437 g/mol. The summed E-state index contributed by atoms with van der Waals surface area (Å²) in [6, 6.07) is 4.64. The third kappa shape index (κ3) is 6.75. The molecule has 0 saturated heterocycles. The Labute approximate surface area is 193 Å². The molecule has 0 unspecified atom stereocenters. The van der Waals surface area contributed by atoms with Crippen molar-refractivity contribution in [3.05, 3.63) is 17.2 Å². The van der Waals surface area contributed by atoms with Crippen LogP contribution in [0, 0.1) is 11.3 Å². The molecule has 0 spiro atoms. The van der Waals surface area contributed by atoms with E-state index >= 15 is 0 Å². The van der Waals surface area contributed by atoms with E-state index in [-0.39, 0.29) is 5.04 Å². The van der Waals surface area contributed by atoms with Crippen LogP contribution in [0.1, 0.15) is 45.2 Å². The molecule has 0 aromatic carbocycles. The highest BCUT2D eigenvalue weighted by Crippen LogP contribution is 2.40. The van der Waals surface area contributed by atoms with E-state index in [1.165, 1.54) is 0 Å². The highest BCUT2D eigenvalue weighted by Gasteiger charge is 2.42. The lowest BCUT2D eigenvalue weighted by molar-refractivity contribution is 0.111. The summed E-state index contributed by atoms with van der Waals surface area (Å²) in [7, 11) is -4.15. The highest BCUT2D eigenvalue weighted by molar-refractivity contribution is 6.88. The number of methoxy groups -OCH3 is 1. The van der Waals surface area contributed by atoms with Gasteiger partial charge in [0.05, 0.1) is 13.7 Å². The fourth-order valence-electron chi connectivity index (χ4n) is 3.07. The number of hydrogen-bond donors (Lipinski definition) is 0. The maximum Gasteiger partial charge on any atom is 0.218 e. The maximum absolute atomic E-state index is 10.4. The minimum absolute atomic E-state index is 0.0813. The van der Waals surface area contributed by atoms with Crippen LogP contribution in [0.2, 0.25) is 57.4 Å². The second kappa shape index (κ2) is 9.48. The Kier molecular flexibility index (Phi) is 8.57. The smallest absolute Gasteiger partial charge is 0.218 e. The first-order valence-corrected chi connectivity index (χ1v) is 21.0. The zero-order valence-corrected chi connectivity index (χ0v) is 25.1. The van der Waals surface area contributed by atoms with E-state index < -0.39 is 30.3 Å². The third-order valence-corrected chi connectivity index (χ3v) is 13.3. The standard InChI is InChI=1S/C23H44N2O3Si3/c1-14-23(17-24,28-30(9,10)11)19-15-20(29(6,7)8)25-21(26-5)18(19)16-27-31(12,13)22(2,3)4/h15H,14,16H2,1-13H3/t23-/m1/s1. The number of nitriles is 1. The number of rotatable bonds is 9. The van der Waals surface area contributed by atoms with Gasteiger partial charge in [-0.3, -0.25) is 0 Å². The number of ether oxygens (including phenoxy) is 1. The van der Waals surface area contributed by atoms with E-state index in [2.05, 4.69) is 85.3 Å². The quantitative estimate of drug-likeness (QED) is 0.397. The van der Waals surface area contributed by atoms with Crippen LogP contribution < -0.4 is 10.1 Å². The molecule has 0 N–H and O–H groups in total. The van der Waals surface area contributed by atoms with E-state index in [0.717, 1.165) is 16.4 Å². The molecule has 0 bridgehead atoms. The van der Waals surface area contributed by atoms with Gasteiger partial charge in [0.15, 0.2) is 22.2 Å². The third-order valence-electron chi connectivity index (χ3n) is 6.03. The number of pyridine rings is 1. The number of aromatic nitrogens is 1. The summed E-state index contributed by atoms with van der Waals surface area (Å²) >= 11 is 0. The lowest BCUT2D eigenvalue weighted by atomic mass is 9.90. The average molecular weight is 481 g/mol. The van der Waals surface area contributed by atoms with Crippen molar-refractivity contribution in [1.82, 2.24) is 4.98 Å². The van der Waals surface area contributed by atoms with Crippen molar-refractivity contribution in [2.24, 2.45) is 0 Å². The molecule has 0 aliphatic carbocycles. The predicted molar refractivity (Wildman–Crippen MR) is 138 cm³/mol. The molecule has 0 aliphatic rings. The minimum Gasteiger partial charge on any atom is -0.481 e. The van der Waals surface area contributed by atoms with E-state index in [9.17, 15) is 5.26 Å². The second-order valence-electron chi connectivity index (χ2n) is 11.8. The van der Waals surface area contributed by atoms with Gasteiger partial charge in [-0.2, -0.15) is 5.26 Å². The summed E-state index contributed by atoms with van der Waals surface area (Å²) in [5.41, 5.74) is 0.667. The largest absolute Gasteiger partial charge is 0.481 e. The molecule has 0 aliphatic heterocycles. The second-order valence-corrected chi connectivity index (χ2v) is 26.1. The molecule has 0 radical (unpaired) electrons. The van der Waals surface area contributed by atoms with Gasteiger partial charge in [0, 0.05) is 16.4 Å². The molecule has 1 rings (SSSR count). The van der Waals surface area contributed by atoms with E-state index in [4.69, 9.17) is 18.6 Å². The highest BCUT2D eigenvalue weighted by atomic mass is 28.4. The van der Waals surface area contributed by atoms with Crippen molar-refractivity contribution in [2.75, 3.05) is 7.11 Å². The molecule has 0 saturated carbocycles. The van der Waals surface area contributed by atoms with Gasteiger partial charge in [0.1, 0.15) is 14.1 Å². The molecule has 5 nitrogen and oxygen atoms in total. The first kappa shape index (κ1) is 28.0. The van der Waals surface area contributed by atoms with Crippen molar-refractivity contribution >= 4 is 30.0 Å². The zero-order chi connectivity index (χ0) is 24.5. The van der Waals surface area contributed by atoms with Gasteiger partial charge in [0.25, 0.3) is 0 Å². The van der Waals surface area contributed by atoms with Crippen molar-refractivity contribution in [1.29, 1.82) is 5.26 Å². The Morgan fingerprint density at radius 1 is 1.03 bits per heavy atom. The van der Waals surface area contributed by atoms with Crippen LogP contribution >= 0.6 is 0 Å². The lowest BCUT2D eigenvalue weighted by Gasteiger charge is -2.38. The fourth-order valence-corrected chi connectivity index (χ4v) is 6.37. The van der Waals surface area contributed by atoms with Gasteiger partial charge in [-0.15, -0.1) is 0 Å². The minimum atomic E-state index is -2.03. The maximum atomic E-state index is 10.4. The topological polar surface area (TPSA) is 64.4 Å². The molecule has 8 heteroatoms. The Morgan fingerprint density at radius 3 is 1.94 bits per heavy atom.